The minimum Gasteiger partial charge on any atom is -0.186 e. The number of nitrogens with zero attached hydrogens (tertiary/aromatic N) is 1. The second-order valence-electron chi connectivity index (χ2n) is 9.48. The van der Waals surface area contributed by atoms with E-state index in [-0.39, 0.29) is 0 Å². The number of rotatable bonds is 4. The van der Waals surface area contributed by atoms with E-state index in [9.17, 15) is 0 Å². The maximum atomic E-state index is 2.58. The normalized spacial score (nSPS) is 12.3. The molecule has 0 N–H and O–H groups in total. The highest BCUT2D eigenvalue weighted by atomic mass is 32.1. The van der Waals surface area contributed by atoms with Crippen LogP contribution in [-0.2, 0) is 19.4 Å². The van der Waals surface area contributed by atoms with Gasteiger partial charge in [0.25, 0.3) is 0 Å². The fraction of sp³-hybridized carbons (Fsp3) is 0.0882. The molecule has 0 atom stereocenters. The van der Waals surface area contributed by atoms with Gasteiger partial charge in [0.05, 0.1) is 0 Å². The van der Waals surface area contributed by atoms with Crippen molar-refractivity contribution in [1.29, 1.82) is 0 Å². The van der Waals surface area contributed by atoms with E-state index >= 15 is 0 Å². The molecule has 0 aliphatic heterocycles. The fourth-order valence-electron chi connectivity index (χ4n) is 5.67. The molecule has 0 unspecified atom stereocenters. The maximum Gasteiger partial charge on any atom is 0.227 e. The van der Waals surface area contributed by atoms with Crippen molar-refractivity contribution in [1.82, 2.24) is 0 Å². The molecule has 4 aromatic carbocycles. The number of aromatic nitrogens is 1. The number of hydrogen-bond donors (Lipinski definition) is 0. The minimum atomic E-state index is 0.843. The molecule has 2 heterocycles. The number of hydrogen-bond acceptors (Lipinski definition) is 1. The average molecular weight is 481 g/mol. The van der Waals surface area contributed by atoms with Crippen molar-refractivity contribution >= 4 is 21.4 Å². The highest BCUT2D eigenvalue weighted by Crippen LogP contribution is 2.45. The van der Waals surface area contributed by atoms with E-state index in [1.165, 1.54) is 59.7 Å². The molecule has 0 bridgehead atoms. The Balaban J connectivity index is 1.59. The van der Waals surface area contributed by atoms with Crippen molar-refractivity contribution in [3.05, 3.63) is 138 Å². The maximum absolute atomic E-state index is 2.58. The van der Waals surface area contributed by atoms with Gasteiger partial charge in [0.15, 0.2) is 6.54 Å². The summed E-state index contributed by atoms with van der Waals surface area (Å²) in [6.45, 7) is 0.843. The molecule has 36 heavy (non-hydrogen) atoms. The van der Waals surface area contributed by atoms with Gasteiger partial charge in [-0.3, -0.25) is 0 Å². The Bertz CT molecular complexity index is 1680. The Hall–Kier alpha value is -4.01. The van der Waals surface area contributed by atoms with Crippen molar-refractivity contribution in [2.24, 2.45) is 0 Å². The van der Waals surface area contributed by atoms with Gasteiger partial charge in [0.2, 0.25) is 11.4 Å². The van der Waals surface area contributed by atoms with Gasteiger partial charge >= 0.3 is 0 Å². The molecule has 0 radical (unpaired) electrons. The van der Waals surface area contributed by atoms with Crippen LogP contribution in [0.3, 0.4) is 0 Å². The zero-order chi connectivity index (χ0) is 23.9. The summed E-state index contributed by atoms with van der Waals surface area (Å²) in [7, 11) is 0. The first-order chi connectivity index (χ1) is 17.9. The Labute approximate surface area is 216 Å². The fourth-order valence-corrected chi connectivity index (χ4v) is 7.00. The van der Waals surface area contributed by atoms with Gasteiger partial charge < -0.3 is 0 Å². The molecule has 1 aliphatic rings. The quantitative estimate of drug-likeness (QED) is 0.223. The van der Waals surface area contributed by atoms with E-state index in [1.807, 2.05) is 11.3 Å². The van der Waals surface area contributed by atoms with Crippen LogP contribution < -0.4 is 4.57 Å². The van der Waals surface area contributed by atoms with Crippen LogP contribution >= 0.6 is 11.3 Å². The highest BCUT2D eigenvalue weighted by Gasteiger charge is 2.34. The van der Waals surface area contributed by atoms with Crippen LogP contribution in [0.1, 0.15) is 16.7 Å². The Morgan fingerprint density at radius 3 is 1.97 bits per heavy atom. The van der Waals surface area contributed by atoms with Crippen molar-refractivity contribution in [2.75, 3.05) is 0 Å². The van der Waals surface area contributed by atoms with Crippen molar-refractivity contribution in [2.45, 2.75) is 19.4 Å². The molecular formula is C34H26NS+. The first kappa shape index (κ1) is 21.3. The average Bonchev–Trinajstić information content (AvgIpc) is 3.33. The molecule has 1 aliphatic carbocycles. The lowest BCUT2D eigenvalue weighted by molar-refractivity contribution is -0.666. The molecule has 2 heteroatoms. The summed E-state index contributed by atoms with van der Waals surface area (Å²) in [5.74, 6) is 0. The van der Waals surface area contributed by atoms with Crippen LogP contribution in [0, 0.1) is 0 Å². The third-order valence-electron chi connectivity index (χ3n) is 7.33. The first-order valence-electron chi connectivity index (χ1n) is 12.6. The van der Waals surface area contributed by atoms with E-state index in [1.54, 1.807) is 0 Å². The number of benzene rings is 4. The Morgan fingerprint density at radius 1 is 0.611 bits per heavy atom. The van der Waals surface area contributed by atoms with Crippen LogP contribution in [0.5, 0.6) is 0 Å². The molecule has 0 amide bonds. The lowest BCUT2D eigenvalue weighted by Crippen LogP contribution is -2.41. The van der Waals surface area contributed by atoms with Gasteiger partial charge in [0, 0.05) is 27.5 Å². The second-order valence-corrected chi connectivity index (χ2v) is 10.5. The van der Waals surface area contributed by atoms with Crippen molar-refractivity contribution in [3.8, 4) is 33.0 Å². The summed E-state index contributed by atoms with van der Waals surface area (Å²) in [4.78, 5) is 1.43. The summed E-state index contributed by atoms with van der Waals surface area (Å²) < 4.78 is 3.97. The van der Waals surface area contributed by atoms with E-state index in [4.69, 9.17) is 0 Å². The molecule has 172 valence electrons. The lowest BCUT2D eigenvalue weighted by atomic mass is 9.86. The predicted molar refractivity (Wildman–Crippen MR) is 151 cm³/mol. The Morgan fingerprint density at radius 2 is 1.22 bits per heavy atom. The molecule has 0 saturated heterocycles. The molecule has 0 saturated carbocycles. The zero-order valence-electron chi connectivity index (χ0n) is 20.0. The molecular weight excluding hydrogens is 454 g/mol. The van der Waals surface area contributed by atoms with Crippen LogP contribution in [0.25, 0.3) is 43.0 Å². The smallest absolute Gasteiger partial charge is 0.186 e. The highest BCUT2D eigenvalue weighted by molar-refractivity contribution is 7.22. The van der Waals surface area contributed by atoms with Gasteiger partial charge in [-0.25, -0.2) is 0 Å². The van der Waals surface area contributed by atoms with Gasteiger partial charge in [-0.1, -0.05) is 97.1 Å². The summed E-state index contributed by atoms with van der Waals surface area (Å²) >= 11 is 1.95. The standard InChI is InChI=1S/C34H26NS/c1-4-12-24(13-5-1)23-35-31(26-16-8-3-9-17-26)22-30(25-14-6-2-7-15-25)28-20-21-29-27-18-10-11-19-32(27)36-34(29)33(28)35/h1-19,22H,20-21,23H2/q+1. The SMILES string of the molecule is c1ccc(C[n+]2c(-c3ccccc3)cc(-c3ccccc3)c3c2-c2sc4ccccc4c2CC3)cc1. The molecule has 0 spiro atoms. The first-order valence-corrected chi connectivity index (χ1v) is 13.4. The van der Waals surface area contributed by atoms with E-state index < -0.39 is 0 Å². The van der Waals surface area contributed by atoms with Crippen LogP contribution in [0.15, 0.2) is 121 Å². The van der Waals surface area contributed by atoms with Crippen molar-refractivity contribution < 1.29 is 4.57 Å². The third-order valence-corrected chi connectivity index (χ3v) is 8.55. The lowest BCUT2D eigenvalue weighted by Gasteiger charge is -2.21. The summed E-state index contributed by atoms with van der Waals surface area (Å²) in [5.41, 5.74) is 10.9. The number of fused-ring (bicyclic) bond motifs is 5. The van der Waals surface area contributed by atoms with Crippen molar-refractivity contribution in [3.63, 3.8) is 0 Å². The summed E-state index contributed by atoms with van der Waals surface area (Å²) in [6.07, 6.45) is 2.14. The summed E-state index contributed by atoms with van der Waals surface area (Å²) in [6, 6.07) is 44.1. The van der Waals surface area contributed by atoms with Gasteiger partial charge in [-0.15, -0.1) is 11.3 Å². The number of aryl methyl sites for hydroxylation is 1. The zero-order valence-corrected chi connectivity index (χ0v) is 20.8. The molecule has 0 fully saturated rings. The van der Waals surface area contributed by atoms with E-state index in [2.05, 4.69) is 126 Å². The minimum absolute atomic E-state index is 0.843. The van der Waals surface area contributed by atoms with E-state index in [0.29, 0.717) is 0 Å². The van der Waals surface area contributed by atoms with Crippen LogP contribution in [0.2, 0.25) is 0 Å². The Kier molecular flexibility index (Phi) is 5.26. The molecule has 1 nitrogen and oxygen atoms in total. The molecule has 7 rings (SSSR count). The van der Waals surface area contributed by atoms with Gasteiger partial charge in [0.1, 0.15) is 4.88 Å². The van der Waals surface area contributed by atoms with Gasteiger partial charge in [-0.2, -0.15) is 4.57 Å². The molecule has 6 aromatic rings. The van der Waals surface area contributed by atoms with Crippen LogP contribution in [0.4, 0.5) is 0 Å². The topological polar surface area (TPSA) is 3.88 Å². The number of pyridine rings is 1. The summed E-state index contributed by atoms with van der Waals surface area (Å²) in [5, 5.41) is 1.42. The van der Waals surface area contributed by atoms with Crippen LogP contribution in [-0.4, -0.2) is 0 Å². The monoisotopic (exact) mass is 480 g/mol. The van der Waals surface area contributed by atoms with Gasteiger partial charge in [-0.05, 0) is 53.1 Å². The second kappa shape index (κ2) is 8.89. The third kappa shape index (κ3) is 3.57. The largest absolute Gasteiger partial charge is 0.227 e. The molecule has 2 aromatic heterocycles. The number of thiophene rings is 1. The predicted octanol–water partition coefficient (Wildman–Crippen LogP) is 8.34. The van der Waals surface area contributed by atoms with E-state index in [0.717, 1.165) is 19.4 Å².